The van der Waals surface area contributed by atoms with E-state index in [1.165, 1.54) is 5.56 Å². The van der Waals surface area contributed by atoms with E-state index in [0.29, 0.717) is 0 Å². The summed E-state index contributed by atoms with van der Waals surface area (Å²) in [6.45, 7) is 3.94. The predicted molar refractivity (Wildman–Crippen MR) is 49.4 cm³/mol. The first-order valence-corrected chi connectivity index (χ1v) is 3.89. The van der Waals surface area contributed by atoms with Crippen LogP contribution in [0.3, 0.4) is 0 Å². The number of hydrogen-bond acceptors (Lipinski definition) is 2. The summed E-state index contributed by atoms with van der Waals surface area (Å²) in [6.07, 6.45) is 0. The lowest BCUT2D eigenvalue weighted by atomic mass is 10.2. The summed E-state index contributed by atoms with van der Waals surface area (Å²) in [4.78, 5) is 4.29. The second kappa shape index (κ2) is 2.24. The fourth-order valence-electron chi connectivity index (χ4n) is 1.32. The molecule has 0 saturated heterocycles. The van der Waals surface area contributed by atoms with Crippen molar-refractivity contribution >= 4 is 11.0 Å². The molecule has 3 heteroatoms. The summed E-state index contributed by atoms with van der Waals surface area (Å²) < 4.78 is 1.61. The van der Waals surface area contributed by atoms with Crippen molar-refractivity contribution in [1.29, 1.82) is 0 Å². The van der Waals surface area contributed by atoms with Crippen LogP contribution < -0.4 is 5.84 Å². The van der Waals surface area contributed by atoms with E-state index in [-0.39, 0.29) is 0 Å². The SMILES string of the molecule is Cc1ccc2nc(C)n(N)c2c1. The Labute approximate surface area is 70.8 Å². The Balaban J connectivity index is 2.88. The van der Waals surface area contributed by atoms with E-state index in [0.717, 1.165) is 16.9 Å². The standard InChI is InChI=1S/C9H11N3/c1-6-3-4-8-9(5-6)12(10)7(2)11-8/h3-5H,10H2,1-2H3. The van der Waals surface area contributed by atoms with Crippen LogP contribution in [-0.4, -0.2) is 9.66 Å². The average molecular weight is 161 g/mol. The molecule has 0 fully saturated rings. The second-order valence-electron chi connectivity index (χ2n) is 3.02. The molecule has 1 aromatic heterocycles. The number of fused-ring (bicyclic) bond motifs is 1. The molecular weight excluding hydrogens is 150 g/mol. The molecule has 62 valence electrons. The maximum Gasteiger partial charge on any atom is 0.125 e. The van der Waals surface area contributed by atoms with Gasteiger partial charge in [-0.25, -0.2) is 9.66 Å². The molecule has 0 unspecified atom stereocenters. The zero-order chi connectivity index (χ0) is 8.72. The van der Waals surface area contributed by atoms with Gasteiger partial charge in [0, 0.05) is 0 Å². The highest BCUT2D eigenvalue weighted by Gasteiger charge is 2.02. The number of aryl methyl sites for hydroxylation is 2. The lowest BCUT2D eigenvalue weighted by molar-refractivity contribution is 0.955. The van der Waals surface area contributed by atoms with Crippen LogP contribution in [0, 0.1) is 13.8 Å². The van der Waals surface area contributed by atoms with Gasteiger partial charge >= 0.3 is 0 Å². The molecule has 0 aliphatic rings. The molecular formula is C9H11N3. The molecule has 2 N–H and O–H groups in total. The number of nitrogen functional groups attached to an aromatic ring is 1. The van der Waals surface area contributed by atoms with Gasteiger partial charge in [0.15, 0.2) is 0 Å². The fraction of sp³-hybridized carbons (Fsp3) is 0.222. The summed E-state index contributed by atoms with van der Waals surface area (Å²) in [5.41, 5.74) is 3.15. The zero-order valence-corrected chi connectivity index (χ0v) is 7.20. The van der Waals surface area contributed by atoms with E-state index < -0.39 is 0 Å². The number of nitrogens with zero attached hydrogens (tertiary/aromatic N) is 2. The Morgan fingerprint density at radius 1 is 1.33 bits per heavy atom. The van der Waals surface area contributed by atoms with Gasteiger partial charge in [-0.15, -0.1) is 0 Å². The molecule has 0 aliphatic carbocycles. The number of hydrogen-bond donors (Lipinski definition) is 1. The minimum absolute atomic E-state index is 0.843. The van der Waals surface area contributed by atoms with Gasteiger partial charge in [0.2, 0.25) is 0 Å². The van der Waals surface area contributed by atoms with Crippen LogP contribution in [0.15, 0.2) is 18.2 Å². The minimum atomic E-state index is 0.843. The smallest absolute Gasteiger partial charge is 0.125 e. The van der Waals surface area contributed by atoms with Crippen LogP contribution in [-0.2, 0) is 0 Å². The Kier molecular flexibility index (Phi) is 1.33. The van der Waals surface area contributed by atoms with Crippen molar-refractivity contribution in [1.82, 2.24) is 9.66 Å². The van der Waals surface area contributed by atoms with Gasteiger partial charge in [0.1, 0.15) is 5.82 Å². The molecule has 0 radical (unpaired) electrons. The molecule has 2 aromatic rings. The maximum absolute atomic E-state index is 5.76. The van der Waals surface area contributed by atoms with Crippen LogP contribution in [0.4, 0.5) is 0 Å². The van der Waals surface area contributed by atoms with Crippen LogP contribution in [0.25, 0.3) is 11.0 Å². The van der Waals surface area contributed by atoms with Crippen molar-refractivity contribution in [2.24, 2.45) is 0 Å². The molecule has 12 heavy (non-hydrogen) atoms. The Hall–Kier alpha value is -1.51. The van der Waals surface area contributed by atoms with Crippen LogP contribution >= 0.6 is 0 Å². The fourth-order valence-corrected chi connectivity index (χ4v) is 1.32. The molecule has 0 amide bonds. The van der Waals surface area contributed by atoms with Crippen molar-refractivity contribution < 1.29 is 0 Å². The van der Waals surface area contributed by atoms with E-state index in [1.54, 1.807) is 4.68 Å². The van der Waals surface area contributed by atoms with Crippen LogP contribution in [0.1, 0.15) is 11.4 Å². The average Bonchev–Trinajstić information content (AvgIpc) is 2.31. The van der Waals surface area contributed by atoms with Gasteiger partial charge in [-0.05, 0) is 31.5 Å². The van der Waals surface area contributed by atoms with Gasteiger partial charge in [-0.3, -0.25) is 0 Å². The molecule has 0 saturated carbocycles. The first-order valence-electron chi connectivity index (χ1n) is 3.89. The summed E-state index contributed by atoms with van der Waals surface area (Å²) >= 11 is 0. The van der Waals surface area contributed by atoms with E-state index in [2.05, 4.69) is 4.98 Å². The second-order valence-corrected chi connectivity index (χ2v) is 3.02. The van der Waals surface area contributed by atoms with Gasteiger partial charge in [0.25, 0.3) is 0 Å². The minimum Gasteiger partial charge on any atom is -0.337 e. The summed E-state index contributed by atoms with van der Waals surface area (Å²) in [5.74, 6) is 6.60. The molecule has 1 aromatic carbocycles. The van der Waals surface area contributed by atoms with Crippen molar-refractivity contribution in [2.45, 2.75) is 13.8 Å². The van der Waals surface area contributed by atoms with Crippen molar-refractivity contribution in [3.63, 3.8) is 0 Å². The van der Waals surface area contributed by atoms with E-state index in [4.69, 9.17) is 5.84 Å². The maximum atomic E-state index is 5.76. The molecule has 1 heterocycles. The van der Waals surface area contributed by atoms with Gasteiger partial charge < -0.3 is 5.84 Å². The molecule has 2 rings (SSSR count). The number of rotatable bonds is 0. The zero-order valence-electron chi connectivity index (χ0n) is 7.20. The van der Waals surface area contributed by atoms with Gasteiger partial charge in [-0.2, -0.15) is 0 Å². The van der Waals surface area contributed by atoms with E-state index in [9.17, 15) is 0 Å². The molecule has 0 atom stereocenters. The number of nitrogens with two attached hydrogens (primary N) is 1. The Morgan fingerprint density at radius 2 is 2.08 bits per heavy atom. The van der Waals surface area contributed by atoms with Gasteiger partial charge in [0.05, 0.1) is 11.0 Å². The van der Waals surface area contributed by atoms with Crippen molar-refractivity contribution in [3.8, 4) is 0 Å². The normalized spacial score (nSPS) is 10.8. The highest BCUT2D eigenvalue weighted by molar-refractivity contribution is 5.76. The topological polar surface area (TPSA) is 43.8 Å². The third kappa shape index (κ3) is 0.863. The van der Waals surface area contributed by atoms with Crippen molar-refractivity contribution in [3.05, 3.63) is 29.6 Å². The molecule has 0 aliphatic heterocycles. The van der Waals surface area contributed by atoms with Crippen molar-refractivity contribution in [2.75, 3.05) is 5.84 Å². The highest BCUT2D eigenvalue weighted by atomic mass is 15.3. The monoisotopic (exact) mass is 161 g/mol. The number of aromatic nitrogens is 2. The van der Waals surface area contributed by atoms with E-state index >= 15 is 0 Å². The predicted octanol–water partition coefficient (Wildman–Crippen LogP) is 1.37. The lowest BCUT2D eigenvalue weighted by Crippen LogP contribution is -2.09. The van der Waals surface area contributed by atoms with E-state index in [1.807, 2.05) is 32.0 Å². The third-order valence-electron chi connectivity index (χ3n) is 2.02. The Morgan fingerprint density at radius 3 is 2.83 bits per heavy atom. The first-order chi connectivity index (χ1) is 5.68. The molecule has 3 nitrogen and oxygen atoms in total. The summed E-state index contributed by atoms with van der Waals surface area (Å²) in [6, 6.07) is 6.06. The van der Waals surface area contributed by atoms with Crippen LogP contribution in [0.2, 0.25) is 0 Å². The first kappa shape index (κ1) is 7.16. The lowest BCUT2D eigenvalue weighted by Gasteiger charge is -1.96. The third-order valence-corrected chi connectivity index (χ3v) is 2.02. The summed E-state index contributed by atoms with van der Waals surface area (Å²) in [5, 5.41) is 0. The Bertz CT molecular complexity index is 429. The number of imidazole rings is 1. The number of benzene rings is 1. The largest absolute Gasteiger partial charge is 0.337 e. The van der Waals surface area contributed by atoms with Crippen LogP contribution in [0.5, 0.6) is 0 Å². The van der Waals surface area contributed by atoms with Gasteiger partial charge in [-0.1, -0.05) is 6.07 Å². The molecule has 0 spiro atoms. The highest BCUT2D eigenvalue weighted by Crippen LogP contribution is 2.14. The molecule has 0 bridgehead atoms. The summed E-state index contributed by atoms with van der Waals surface area (Å²) in [7, 11) is 0. The quantitative estimate of drug-likeness (QED) is 0.593.